The molecule has 1 saturated heterocycles. The van der Waals surface area contributed by atoms with Crippen molar-refractivity contribution in [2.45, 2.75) is 36.8 Å². The fraction of sp³-hybridized carbons (Fsp3) is 0.429. The van der Waals surface area contributed by atoms with Crippen molar-refractivity contribution in [3.63, 3.8) is 0 Å². The van der Waals surface area contributed by atoms with Crippen LogP contribution in [0.3, 0.4) is 0 Å². The highest BCUT2D eigenvalue weighted by Crippen LogP contribution is 2.25. The summed E-state index contributed by atoms with van der Waals surface area (Å²) in [6, 6.07) is 10.1. The van der Waals surface area contributed by atoms with Gasteiger partial charge in [0.2, 0.25) is 11.8 Å². The summed E-state index contributed by atoms with van der Waals surface area (Å²) >= 11 is 1.24. The molecule has 2 aliphatic rings. The highest BCUT2D eigenvalue weighted by atomic mass is 32.2. The van der Waals surface area contributed by atoms with Crippen molar-refractivity contribution < 1.29 is 14.0 Å². The summed E-state index contributed by atoms with van der Waals surface area (Å²) in [6.45, 7) is 1.49. The largest absolute Gasteiger partial charge is 0.354 e. The maximum absolute atomic E-state index is 13.6. The lowest BCUT2D eigenvalue weighted by atomic mass is 9.97. The fourth-order valence-corrected chi connectivity index (χ4v) is 4.01. The van der Waals surface area contributed by atoms with Gasteiger partial charge in [-0.2, -0.15) is 0 Å². The molecule has 1 aromatic heterocycles. The van der Waals surface area contributed by atoms with Gasteiger partial charge in [-0.05, 0) is 49.9 Å². The van der Waals surface area contributed by atoms with Crippen molar-refractivity contribution >= 4 is 35.1 Å². The van der Waals surface area contributed by atoms with Crippen LogP contribution in [0.5, 0.6) is 0 Å². The van der Waals surface area contributed by atoms with Crippen LogP contribution in [-0.2, 0) is 9.59 Å². The summed E-state index contributed by atoms with van der Waals surface area (Å²) in [5.41, 5.74) is 0.162. The lowest BCUT2D eigenvalue weighted by Crippen LogP contribution is -2.44. The number of amides is 2. The Morgan fingerprint density at radius 1 is 1.13 bits per heavy atom. The Kier molecular flexibility index (Phi) is 6.47. The molecule has 1 saturated carbocycles. The van der Waals surface area contributed by atoms with Gasteiger partial charge in [0.05, 0.1) is 17.4 Å². The lowest BCUT2D eigenvalue weighted by molar-refractivity contribution is -0.125. The zero-order valence-corrected chi connectivity index (χ0v) is 17.3. The van der Waals surface area contributed by atoms with Gasteiger partial charge in [-0.3, -0.25) is 9.59 Å². The highest BCUT2D eigenvalue weighted by molar-refractivity contribution is 7.99. The molecule has 1 aliphatic carbocycles. The maximum Gasteiger partial charge on any atom is 0.234 e. The maximum atomic E-state index is 13.6. The molecule has 2 N–H and O–H groups in total. The number of carbonyl (C=O) groups excluding carboxylic acids is 2. The molecule has 30 heavy (non-hydrogen) atoms. The molecule has 0 spiro atoms. The molecule has 0 radical (unpaired) electrons. The van der Waals surface area contributed by atoms with Gasteiger partial charge in [-0.1, -0.05) is 23.9 Å². The Morgan fingerprint density at radius 2 is 1.97 bits per heavy atom. The third-order valence-corrected chi connectivity index (χ3v) is 6.09. The van der Waals surface area contributed by atoms with Crippen molar-refractivity contribution in [2.24, 2.45) is 5.92 Å². The molecule has 7 nitrogen and oxygen atoms in total. The van der Waals surface area contributed by atoms with Crippen LogP contribution in [0.2, 0.25) is 0 Å². The number of halogens is 1. The Labute approximate surface area is 178 Å². The number of hydrogen-bond acceptors (Lipinski definition) is 6. The second kappa shape index (κ2) is 9.42. The summed E-state index contributed by atoms with van der Waals surface area (Å²) in [5.74, 6) is 0.192. The second-order valence-corrected chi connectivity index (χ2v) is 8.61. The van der Waals surface area contributed by atoms with Crippen molar-refractivity contribution in [1.29, 1.82) is 0 Å². The van der Waals surface area contributed by atoms with Gasteiger partial charge >= 0.3 is 0 Å². The number of benzene rings is 1. The van der Waals surface area contributed by atoms with Gasteiger partial charge in [0.25, 0.3) is 0 Å². The highest BCUT2D eigenvalue weighted by Gasteiger charge is 2.30. The average Bonchev–Trinajstić information content (AvgIpc) is 3.58. The van der Waals surface area contributed by atoms with Crippen LogP contribution in [0, 0.1) is 11.7 Å². The topological polar surface area (TPSA) is 87.2 Å². The summed E-state index contributed by atoms with van der Waals surface area (Å²) < 4.78 is 13.6. The molecule has 4 rings (SSSR count). The first-order valence-corrected chi connectivity index (χ1v) is 11.1. The first-order valence-electron chi connectivity index (χ1n) is 10.1. The number of hydrogen-bond donors (Lipinski definition) is 2. The van der Waals surface area contributed by atoms with Gasteiger partial charge in [0.1, 0.15) is 10.8 Å². The summed E-state index contributed by atoms with van der Waals surface area (Å²) in [6.07, 6.45) is 4.01. The van der Waals surface area contributed by atoms with Gasteiger partial charge in [0.15, 0.2) is 5.82 Å². The third-order valence-electron chi connectivity index (χ3n) is 5.16. The van der Waals surface area contributed by atoms with E-state index in [-0.39, 0.29) is 29.2 Å². The van der Waals surface area contributed by atoms with E-state index < -0.39 is 5.82 Å². The summed E-state index contributed by atoms with van der Waals surface area (Å²) in [4.78, 5) is 26.5. The molecule has 2 fully saturated rings. The number of anilines is 2. The number of nitrogens with one attached hydrogen (secondary N) is 2. The quantitative estimate of drug-likeness (QED) is 0.658. The van der Waals surface area contributed by atoms with Gasteiger partial charge in [-0.25, -0.2) is 4.39 Å². The van der Waals surface area contributed by atoms with E-state index in [1.54, 1.807) is 12.1 Å². The summed E-state index contributed by atoms with van der Waals surface area (Å²) in [7, 11) is 0. The van der Waals surface area contributed by atoms with Crippen LogP contribution in [0.1, 0.15) is 25.7 Å². The number of thioether (sulfide) groups is 1. The first kappa shape index (κ1) is 20.6. The van der Waals surface area contributed by atoms with E-state index in [9.17, 15) is 14.0 Å². The van der Waals surface area contributed by atoms with E-state index in [1.165, 1.54) is 23.9 Å². The Bertz CT molecular complexity index is 907. The second-order valence-electron chi connectivity index (χ2n) is 7.61. The van der Waals surface area contributed by atoms with Crippen LogP contribution in [0.4, 0.5) is 15.9 Å². The number of nitrogens with zero attached hydrogens (tertiary/aromatic N) is 3. The number of carbonyl (C=O) groups is 2. The lowest BCUT2D eigenvalue weighted by Gasteiger charge is -2.32. The van der Waals surface area contributed by atoms with Gasteiger partial charge < -0.3 is 15.5 Å². The van der Waals surface area contributed by atoms with E-state index in [1.807, 2.05) is 12.1 Å². The Balaban J connectivity index is 1.27. The number of rotatable bonds is 7. The third kappa shape index (κ3) is 5.47. The number of para-hydroxylation sites is 1. The van der Waals surface area contributed by atoms with E-state index in [2.05, 4.69) is 25.7 Å². The first-order chi connectivity index (χ1) is 14.6. The SMILES string of the molecule is O=C(CSc1ccc(N2CCC[C@H](C(=O)NC3CC3)C2)nn1)Nc1ccccc1F. The molecule has 1 aromatic carbocycles. The predicted octanol–water partition coefficient (Wildman–Crippen LogP) is 2.84. The molecule has 2 heterocycles. The van der Waals surface area contributed by atoms with E-state index in [4.69, 9.17) is 0 Å². The molecule has 0 bridgehead atoms. The average molecular weight is 430 g/mol. The van der Waals surface area contributed by atoms with Crippen molar-refractivity contribution in [1.82, 2.24) is 15.5 Å². The minimum absolute atomic E-state index is 0.0164. The van der Waals surface area contributed by atoms with Crippen molar-refractivity contribution in [3.8, 4) is 0 Å². The van der Waals surface area contributed by atoms with Gasteiger partial charge in [0, 0.05) is 19.1 Å². The van der Waals surface area contributed by atoms with Crippen LogP contribution in [0.15, 0.2) is 41.4 Å². The molecular formula is C21H24FN5O2S. The fourth-order valence-electron chi connectivity index (χ4n) is 3.39. The van der Waals surface area contributed by atoms with Crippen LogP contribution in [-0.4, -0.2) is 46.9 Å². The molecular weight excluding hydrogens is 405 g/mol. The smallest absolute Gasteiger partial charge is 0.234 e. The molecule has 9 heteroatoms. The minimum Gasteiger partial charge on any atom is -0.354 e. The Morgan fingerprint density at radius 3 is 2.70 bits per heavy atom. The summed E-state index contributed by atoms with van der Waals surface area (Å²) in [5, 5.41) is 14.7. The standard InChI is InChI=1S/C21H24FN5O2S/c22-16-5-1-2-6-17(16)24-19(28)13-30-20-10-9-18(25-26-20)27-11-3-4-14(12-27)21(29)23-15-7-8-15/h1-2,5-6,9-10,14-15H,3-4,7-8,11-13H2,(H,23,29)(H,24,28)/t14-/m0/s1. The number of aromatic nitrogens is 2. The van der Waals surface area contributed by atoms with Crippen LogP contribution in [0.25, 0.3) is 0 Å². The number of piperidine rings is 1. The van der Waals surface area contributed by atoms with Crippen LogP contribution < -0.4 is 15.5 Å². The molecule has 0 unspecified atom stereocenters. The molecule has 2 amide bonds. The molecule has 2 aromatic rings. The van der Waals surface area contributed by atoms with Crippen molar-refractivity contribution in [3.05, 3.63) is 42.2 Å². The van der Waals surface area contributed by atoms with Crippen LogP contribution >= 0.6 is 11.8 Å². The van der Waals surface area contributed by atoms with E-state index in [0.717, 1.165) is 38.0 Å². The zero-order valence-electron chi connectivity index (χ0n) is 16.5. The predicted molar refractivity (Wildman–Crippen MR) is 114 cm³/mol. The van der Waals surface area contributed by atoms with Crippen molar-refractivity contribution in [2.75, 3.05) is 29.1 Å². The molecule has 1 aliphatic heterocycles. The monoisotopic (exact) mass is 429 g/mol. The van der Waals surface area contributed by atoms with E-state index >= 15 is 0 Å². The van der Waals surface area contributed by atoms with Gasteiger partial charge in [-0.15, -0.1) is 10.2 Å². The van der Waals surface area contributed by atoms with E-state index in [0.29, 0.717) is 17.6 Å². The minimum atomic E-state index is -0.467. The zero-order chi connectivity index (χ0) is 20.9. The molecule has 1 atom stereocenters. The normalized spacial score (nSPS) is 18.7. The Hall–Kier alpha value is -2.68. The molecule has 158 valence electrons.